The van der Waals surface area contributed by atoms with E-state index in [4.69, 9.17) is 14.5 Å². The normalized spacial score (nSPS) is 17.7. The van der Waals surface area contributed by atoms with E-state index in [-0.39, 0.29) is 17.6 Å². The van der Waals surface area contributed by atoms with Crippen LogP contribution in [-0.4, -0.2) is 57.1 Å². The van der Waals surface area contributed by atoms with E-state index in [1.165, 1.54) is 0 Å². The number of nitrogens with one attached hydrogen (secondary N) is 2. The summed E-state index contributed by atoms with van der Waals surface area (Å²) in [6.07, 6.45) is 4.14. The fourth-order valence-corrected chi connectivity index (χ4v) is 4.59. The third-order valence-electron chi connectivity index (χ3n) is 6.64. The van der Waals surface area contributed by atoms with Gasteiger partial charge in [0.25, 0.3) is 5.56 Å². The van der Waals surface area contributed by atoms with Crippen LogP contribution in [0.2, 0.25) is 0 Å². The van der Waals surface area contributed by atoms with Gasteiger partial charge in [-0.05, 0) is 62.8 Å². The Labute approximate surface area is 217 Å². The first-order valence-corrected chi connectivity index (χ1v) is 13.1. The zero-order valence-corrected chi connectivity index (χ0v) is 22.1. The summed E-state index contributed by atoms with van der Waals surface area (Å²) in [7, 11) is 0. The molecule has 37 heavy (non-hydrogen) atoms. The Kier molecular flexibility index (Phi) is 8.79. The van der Waals surface area contributed by atoms with Crippen LogP contribution in [0.5, 0.6) is 0 Å². The van der Waals surface area contributed by atoms with Crippen LogP contribution in [0, 0.1) is 12.8 Å². The van der Waals surface area contributed by atoms with Gasteiger partial charge in [-0.25, -0.2) is 4.98 Å². The summed E-state index contributed by atoms with van der Waals surface area (Å²) in [5.41, 5.74) is 4.06. The van der Waals surface area contributed by atoms with Crippen molar-refractivity contribution in [2.45, 2.75) is 78.3 Å². The molecule has 2 aromatic heterocycles. The number of carbonyl (C=O) groups is 1. The van der Waals surface area contributed by atoms with Crippen molar-refractivity contribution >= 4 is 17.0 Å². The molecular formula is C28H38N4O5. The number of carbonyl (C=O) groups excluding carboxylic acids is 1. The molecule has 3 heterocycles. The number of ether oxygens (including phenoxy) is 2. The number of fused-ring (bicyclic) bond motifs is 1. The van der Waals surface area contributed by atoms with Crippen molar-refractivity contribution in [2.24, 2.45) is 5.92 Å². The molecular weight excluding hydrogens is 472 g/mol. The van der Waals surface area contributed by atoms with E-state index in [0.717, 1.165) is 53.9 Å². The van der Waals surface area contributed by atoms with E-state index in [2.05, 4.69) is 14.9 Å². The quantitative estimate of drug-likeness (QED) is 0.358. The molecule has 0 aliphatic carbocycles. The lowest BCUT2D eigenvalue weighted by molar-refractivity contribution is -0.150. The minimum absolute atomic E-state index is 0.110. The molecule has 0 radical (unpaired) electrons. The molecule has 1 aromatic carbocycles. The van der Waals surface area contributed by atoms with Gasteiger partial charge in [-0.2, -0.15) is 0 Å². The maximum atomic E-state index is 12.5. The predicted octanol–water partition coefficient (Wildman–Crippen LogP) is 3.31. The fraction of sp³-hybridized carbons (Fsp3) is 0.536. The summed E-state index contributed by atoms with van der Waals surface area (Å²) >= 11 is 0. The Morgan fingerprint density at radius 2 is 2.11 bits per heavy atom. The molecule has 3 atom stereocenters. The minimum atomic E-state index is -0.895. The number of aromatic nitrogens is 3. The fourth-order valence-electron chi connectivity index (χ4n) is 4.59. The molecule has 0 saturated carbocycles. The molecule has 0 spiro atoms. The zero-order valence-electron chi connectivity index (χ0n) is 22.1. The van der Waals surface area contributed by atoms with Gasteiger partial charge in [0.1, 0.15) is 11.9 Å². The Balaban J connectivity index is 1.61. The average Bonchev–Trinajstić information content (AvgIpc) is 3.22. The molecule has 3 aromatic rings. The first-order valence-electron chi connectivity index (χ1n) is 13.1. The molecule has 200 valence electrons. The van der Waals surface area contributed by atoms with Gasteiger partial charge >= 0.3 is 5.97 Å². The number of aliphatic hydroxyl groups is 1. The van der Waals surface area contributed by atoms with Gasteiger partial charge in [-0.1, -0.05) is 19.9 Å². The largest absolute Gasteiger partial charge is 0.464 e. The van der Waals surface area contributed by atoms with Gasteiger partial charge in [0.05, 0.1) is 36.4 Å². The Hall–Kier alpha value is -3.01. The minimum Gasteiger partial charge on any atom is -0.464 e. The first kappa shape index (κ1) is 27.0. The molecule has 0 amide bonds. The van der Waals surface area contributed by atoms with Crippen molar-refractivity contribution in [2.75, 3.05) is 13.2 Å². The monoisotopic (exact) mass is 510 g/mol. The van der Waals surface area contributed by atoms with Crippen molar-refractivity contribution in [1.29, 1.82) is 0 Å². The SMILES string of the molecule is Cc1cc(-c2nc3cc(CNC(C(=O)OCC(C)C)C(C)O)ccc3n2CC2CCCCO2)c[nH]c1=O. The second kappa shape index (κ2) is 12.0. The van der Waals surface area contributed by atoms with E-state index in [1.807, 2.05) is 38.1 Å². The van der Waals surface area contributed by atoms with Gasteiger partial charge in [-0.15, -0.1) is 0 Å². The molecule has 0 bridgehead atoms. The number of esters is 1. The van der Waals surface area contributed by atoms with E-state index in [9.17, 15) is 14.7 Å². The third-order valence-corrected chi connectivity index (χ3v) is 6.64. The number of benzene rings is 1. The highest BCUT2D eigenvalue weighted by atomic mass is 16.5. The van der Waals surface area contributed by atoms with Gasteiger partial charge < -0.3 is 24.1 Å². The Bertz CT molecular complexity index is 1270. The predicted molar refractivity (Wildman–Crippen MR) is 142 cm³/mol. The van der Waals surface area contributed by atoms with Gasteiger partial charge in [0.2, 0.25) is 0 Å². The lowest BCUT2D eigenvalue weighted by Gasteiger charge is -2.24. The standard InChI is InChI=1S/C28H38N4O5/c1-17(2)16-37-28(35)25(19(4)33)29-13-20-8-9-24-23(12-20)31-26(21-11-18(3)27(34)30-14-21)32(24)15-22-7-5-6-10-36-22/h8-9,11-12,14,17,19,22,25,29,33H,5-7,10,13,15-16H2,1-4H3,(H,30,34). The van der Waals surface area contributed by atoms with Crippen molar-refractivity contribution < 1.29 is 19.4 Å². The smallest absolute Gasteiger partial charge is 0.325 e. The summed E-state index contributed by atoms with van der Waals surface area (Å²) in [5, 5.41) is 13.3. The second-order valence-electron chi connectivity index (χ2n) is 10.4. The molecule has 1 saturated heterocycles. The summed E-state index contributed by atoms with van der Waals surface area (Å²) in [4.78, 5) is 32.2. The number of hydrogen-bond donors (Lipinski definition) is 3. The van der Waals surface area contributed by atoms with Crippen LogP contribution in [0.1, 0.15) is 51.2 Å². The average molecular weight is 511 g/mol. The van der Waals surface area contributed by atoms with Crippen molar-refractivity contribution in [1.82, 2.24) is 19.9 Å². The number of rotatable bonds is 10. The Morgan fingerprint density at radius 3 is 2.78 bits per heavy atom. The van der Waals surface area contributed by atoms with Crippen LogP contribution in [0.15, 0.2) is 35.3 Å². The molecule has 4 rings (SSSR count). The van der Waals surface area contributed by atoms with Crippen LogP contribution >= 0.6 is 0 Å². The topological polar surface area (TPSA) is 118 Å². The first-order chi connectivity index (χ1) is 17.7. The van der Waals surface area contributed by atoms with Crippen molar-refractivity contribution in [3.63, 3.8) is 0 Å². The number of aryl methyl sites for hydroxylation is 1. The number of hydrogen-bond acceptors (Lipinski definition) is 7. The number of aromatic amines is 1. The molecule has 9 nitrogen and oxygen atoms in total. The third kappa shape index (κ3) is 6.66. The Morgan fingerprint density at radius 1 is 1.30 bits per heavy atom. The summed E-state index contributed by atoms with van der Waals surface area (Å²) in [6, 6.07) is 7.04. The van der Waals surface area contributed by atoms with Gasteiger partial charge in [-0.3, -0.25) is 14.9 Å². The summed E-state index contributed by atoms with van der Waals surface area (Å²) < 4.78 is 13.5. The van der Waals surface area contributed by atoms with Crippen LogP contribution in [-0.2, 0) is 27.4 Å². The molecule has 3 N–H and O–H groups in total. The van der Waals surface area contributed by atoms with Gasteiger partial charge in [0.15, 0.2) is 0 Å². The lowest BCUT2D eigenvalue weighted by atomic mass is 10.1. The molecule has 9 heteroatoms. The number of H-pyrrole nitrogens is 1. The molecule has 1 fully saturated rings. The highest BCUT2D eigenvalue weighted by Gasteiger charge is 2.25. The molecule has 1 aliphatic rings. The van der Waals surface area contributed by atoms with Crippen molar-refractivity contribution in [3.05, 3.63) is 51.9 Å². The van der Waals surface area contributed by atoms with E-state index >= 15 is 0 Å². The van der Waals surface area contributed by atoms with Crippen LogP contribution in [0.4, 0.5) is 0 Å². The van der Waals surface area contributed by atoms with E-state index in [1.54, 1.807) is 20.0 Å². The lowest BCUT2D eigenvalue weighted by Crippen LogP contribution is -2.45. The number of imidazole rings is 1. The highest BCUT2D eigenvalue weighted by Crippen LogP contribution is 2.27. The highest BCUT2D eigenvalue weighted by molar-refractivity contribution is 5.81. The number of nitrogens with zero attached hydrogens (tertiary/aromatic N) is 2. The number of aliphatic hydroxyl groups excluding tert-OH is 1. The van der Waals surface area contributed by atoms with Crippen molar-refractivity contribution in [3.8, 4) is 11.4 Å². The summed E-state index contributed by atoms with van der Waals surface area (Å²) in [5.74, 6) is 0.528. The molecule has 3 unspecified atom stereocenters. The second-order valence-corrected chi connectivity index (χ2v) is 10.4. The zero-order chi connectivity index (χ0) is 26.5. The van der Waals surface area contributed by atoms with Gasteiger partial charge in [0, 0.05) is 30.5 Å². The number of pyridine rings is 1. The van der Waals surface area contributed by atoms with E-state index in [0.29, 0.717) is 25.3 Å². The van der Waals surface area contributed by atoms with Crippen LogP contribution in [0.25, 0.3) is 22.4 Å². The van der Waals surface area contributed by atoms with Crippen LogP contribution in [0.3, 0.4) is 0 Å². The maximum Gasteiger partial charge on any atom is 0.325 e. The van der Waals surface area contributed by atoms with Crippen LogP contribution < -0.4 is 10.9 Å². The summed E-state index contributed by atoms with van der Waals surface area (Å²) in [6.45, 7) is 9.42. The maximum absolute atomic E-state index is 12.5. The van der Waals surface area contributed by atoms with E-state index < -0.39 is 18.1 Å². The molecule has 1 aliphatic heterocycles.